The zero-order chi connectivity index (χ0) is 14.2. The maximum Gasteiger partial charge on any atom is 0.331 e. The molecule has 0 radical (unpaired) electrons. The van der Waals surface area contributed by atoms with E-state index in [4.69, 9.17) is 0 Å². The molecule has 0 aliphatic rings. The van der Waals surface area contributed by atoms with Crippen molar-refractivity contribution < 1.29 is 9.90 Å². The number of aliphatic carboxylic acids is 1. The van der Waals surface area contributed by atoms with Gasteiger partial charge in [-0.25, -0.2) is 4.79 Å². The number of tetrazole rings is 1. The number of nitrogens with zero attached hydrogens (tertiary/aromatic N) is 6. The van der Waals surface area contributed by atoms with Crippen molar-refractivity contribution in [2.45, 2.75) is 26.8 Å². The van der Waals surface area contributed by atoms with Gasteiger partial charge in [-0.05, 0) is 26.6 Å². The molecule has 0 aliphatic heterocycles. The van der Waals surface area contributed by atoms with E-state index in [0.717, 1.165) is 4.80 Å². The molecule has 10 heteroatoms. The maximum atomic E-state index is 11.3. The Morgan fingerprint density at radius 2 is 2.05 bits per heavy atom. The Hall–Kier alpha value is -1.42. The van der Waals surface area contributed by atoms with Crippen molar-refractivity contribution in [3.63, 3.8) is 0 Å². The predicted octanol–water partition coefficient (Wildman–Crippen LogP) is 1.63. The third-order valence-corrected chi connectivity index (χ3v) is 3.66. The fourth-order valence-corrected chi connectivity index (χ4v) is 2.57. The van der Waals surface area contributed by atoms with Crippen LogP contribution in [0, 0.1) is 5.41 Å². The lowest BCUT2D eigenvalue weighted by Crippen LogP contribution is -2.33. The van der Waals surface area contributed by atoms with Crippen LogP contribution in [-0.4, -0.2) is 41.5 Å². The summed E-state index contributed by atoms with van der Waals surface area (Å²) in [6, 6.07) is -0.898. The van der Waals surface area contributed by atoms with Crippen LogP contribution < -0.4 is 0 Å². The molecule has 2 aromatic rings. The van der Waals surface area contributed by atoms with Crippen molar-refractivity contribution >= 4 is 33.2 Å². The molecular formula is C9H11BrN6O2S. The van der Waals surface area contributed by atoms with Gasteiger partial charge in [0, 0.05) is 0 Å². The molecule has 2 heterocycles. The second-order valence-corrected chi connectivity index (χ2v) is 7.15. The van der Waals surface area contributed by atoms with Gasteiger partial charge < -0.3 is 5.11 Å². The van der Waals surface area contributed by atoms with Crippen LogP contribution in [0.15, 0.2) is 3.92 Å². The predicted molar refractivity (Wildman–Crippen MR) is 70.5 cm³/mol. The van der Waals surface area contributed by atoms with Gasteiger partial charge in [0.05, 0.1) is 0 Å². The van der Waals surface area contributed by atoms with Gasteiger partial charge in [0.1, 0.15) is 0 Å². The summed E-state index contributed by atoms with van der Waals surface area (Å²) in [5.41, 5.74) is -0.536. The van der Waals surface area contributed by atoms with Crippen LogP contribution in [0.3, 0.4) is 0 Å². The van der Waals surface area contributed by atoms with Gasteiger partial charge in [0.2, 0.25) is 5.82 Å². The normalized spacial score (nSPS) is 13.5. The second kappa shape index (κ2) is 4.93. The summed E-state index contributed by atoms with van der Waals surface area (Å²) in [5.74, 6) is -0.742. The second-order valence-electron chi connectivity index (χ2n) is 4.90. The van der Waals surface area contributed by atoms with Crippen LogP contribution in [-0.2, 0) is 4.79 Å². The molecule has 0 amide bonds. The number of aromatic nitrogens is 6. The molecule has 0 spiro atoms. The molecule has 0 saturated heterocycles. The first-order chi connectivity index (χ1) is 8.79. The lowest BCUT2D eigenvalue weighted by atomic mass is 9.87. The topological polar surface area (TPSA) is 107 Å². The van der Waals surface area contributed by atoms with Gasteiger partial charge in [-0.2, -0.15) is 0 Å². The molecule has 19 heavy (non-hydrogen) atoms. The van der Waals surface area contributed by atoms with Gasteiger partial charge in [-0.1, -0.05) is 32.1 Å². The van der Waals surface area contributed by atoms with Crippen molar-refractivity contribution in [3.8, 4) is 10.8 Å². The van der Waals surface area contributed by atoms with Crippen LogP contribution in [0.1, 0.15) is 26.8 Å². The summed E-state index contributed by atoms with van der Waals surface area (Å²) in [4.78, 5) is 12.4. The van der Waals surface area contributed by atoms with Gasteiger partial charge in [0.25, 0.3) is 0 Å². The fourth-order valence-electron chi connectivity index (χ4n) is 1.53. The first kappa shape index (κ1) is 14.0. The van der Waals surface area contributed by atoms with Crippen LogP contribution >= 0.6 is 27.3 Å². The van der Waals surface area contributed by atoms with Crippen molar-refractivity contribution in [2.24, 2.45) is 5.41 Å². The third-order valence-electron chi connectivity index (χ3n) is 2.31. The number of rotatable bonds is 3. The average Bonchev–Trinajstić information content (AvgIpc) is 2.84. The molecule has 0 saturated carbocycles. The van der Waals surface area contributed by atoms with E-state index in [1.54, 1.807) is 20.8 Å². The van der Waals surface area contributed by atoms with Gasteiger partial charge in [-0.3, -0.25) is 0 Å². The lowest BCUT2D eigenvalue weighted by Gasteiger charge is -2.25. The number of hydrogen-bond donors (Lipinski definition) is 1. The Kier molecular flexibility index (Phi) is 3.63. The minimum absolute atomic E-state index is 0.263. The van der Waals surface area contributed by atoms with Gasteiger partial charge >= 0.3 is 5.97 Å². The zero-order valence-electron chi connectivity index (χ0n) is 10.4. The van der Waals surface area contributed by atoms with Crippen LogP contribution in [0.2, 0.25) is 0 Å². The van der Waals surface area contributed by atoms with Crippen LogP contribution in [0.25, 0.3) is 10.8 Å². The van der Waals surface area contributed by atoms with E-state index < -0.39 is 17.4 Å². The number of carboxylic acid groups (broad SMARTS) is 1. The smallest absolute Gasteiger partial charge is 0.331 e. The molecular weight excluding hydrogens is 336 g/mol. The number of hydrogen-bond acceptors (Lipinski definition) is 7. The first-order valence-corrected chi connectivity index (χ1v) is 6.91. The molecule has 8 nitrogen and oxygen atoms in total. The molecule has 0 bridgehead atoms. The highest BCUT2D eigenvalue weighted by molar-refractivity contribution is 9.11. The van der Waals surface area contributed by atoms with E-state index in [9.17, 15) is 9.90 Å². The summed E-state index contributed by atoms with van der Waals surface area (Å²) < 4.78 is 0.601. The highest BCUT2D eigenvalue weighted by Crippen LogP contribution is 2.30. The summed E-state index contributed by atoms with van der Waals surface area (Å²) in [6.45, 7) is 5.41. The van der Waals surface area contributed by atoms with Crippen molar-refractivity contribution in [1.29, 1.82) is 0 Å². The number of carbonyl (C=O) groups is 1. The minimum atomic E-state index is -1.00. The lowest BCUT2D eigenvalue weighted by molar-refractivity contribution is -0.145. The van der Waals surface area contributed by atoms with Crippen molar-refractivity contribution in [1.82, 2.24) is 30.4 Å². The summed E-state index contributed by atoms with van der Waals surface area (Å²) in [6.07, 6.45) is 0. The molecule has 0 aromatic carbocycles. The van der Waals surface area contributed by atoms with Gasteiger partial charge in [0.15, 0.2) is 15.0 Å². The van der Waals surface area contributed by atoms with Crippen LogP contribution in [0.5, 0.6) is 0 Å². The van der Waals surface area contributed by atoms with Crippen molar-refractivity contribution in [3.05, 3.63) is 3.92 Å². The van der Waals surface area contributed by atoms with E-state index in [1.165, 1.54) is 11.3 Å². The average molecular weight is 347 g/mol. The standard InChI is InChI=1S/C9H11BrN6O2S/c1-9(2,3)4(7(17)18)16-14-5(11-15-16)6-12-13-8(10)19-6/h4H,1-3H3,(H,17,18). The van der Waals surface area contributed by atoms with Gasteiger partial charge in [-0.15, -0.1) is 25.2 Å². The number of halogens is 1. The van der Waals surface area contributed by atoms with Crippen LogP contribution in [0.4, 0.5) is 0 Å². The molecule has 1 atom stereocenters. The zero-order valence-corrected chi connectivity index (χ0v) is 12.8. The molecule has 0 aliphatic carbocycles. The minimum Gasteiger partial charge on any atom is -0.480 e. The molecule has 0 fully saturated rings. The number of carboxylic acids is 1. The van der Waals surface area contributed by atoms with E-state index >= 15 is 0 Å². The maximum absolute atomic E-state index is 11.3. The van der Waals surface area contributed by atoms with E-state index in [1.807, 2.05) is 0 Å². The molecule has 1 N–H and O–H groups in total. The van der Waals surface area contributed by atoms with E-state index in [0.29, 0.717) is 8.92 Å². The Bertz CT molecular complexity index is 604. The summed E-state index contributed by atoms with van der Waals surface area (Å²) in [5, 5.41) is 29.1. The highest BCUT2D eigenvalue weighted by Gasteiger charge is 2.35. The van der Waals surface area contributed by atoms with E-state index in [2.05, 4.69) is 41.5 Å². The molecule has 1 unspecified atom stereocenters. The molecule has 102 valence electrons. The van der Waals surface area contributed by atoms with Crippen molar-refractivity contribution in [2.75, 3.05) is 0 Å². The molecule has 2 rings (SSSR count). The highest BCUT2D eigenvalue weighted by atomic mass is 79.9. The third kappa shape index (κ3) is 2.95. The largest absolute Gasteiger partial charge is 0.480 e. The Morgan fingerprint density at radius 3 is 2.53 bits per heavy atom. The summed E-state index contributed by atoms with van der Waals surface area (Å²) in [7, 11) is 0. The van der Waals surface area contributed by atoms with E-state index in [-0.39, 0.29) is 5.82 Å². The first-order valence-electron chi connectivity index (χ1n) is 5.30. The Labute approximate surface area is 121 Å². The monoisotopic (exact) mass is 346 g/mol. The Balaban J connectivity index is 2.37. The summed E-state index contributed by atoms with van der Waals surface area (Å²) >= 11 is 4.44. The Morgan fingerprint density at radius 1 is 1.37 bits per heavy atom. The molecule has 2 aromatic heterocycles. The fraction of sp³-hybridized carbons (Fsp3) is 0.556. The SMILES string of the molecule is CC(C)(C)C(C(=O)O)n1nnc(-c2nnc(Br)s2)n1. The quantitative estimate of drug-likeness (QED) is 0.899.